The van der Waals surface area contributed by atoms with Crippen molar-refractivity contribution in [1.82, 2.24) is 4.90 Å². The summed E-state index contributed by atoms with van der Waals surface area (Å²) in [6.45, 7) is 6.77. The average Bonchev–Trinajstić information content (AvgIpc) is 2.70. The van der Waals surface area contributed by atoms with Gasteiger partial charge < -0.3 is 0 Å². The lowest BCUT2D eigenvalue weighted by Gasteiger charge is -2.15. The van der Waals surface area contributed by atoms with Gasteiger partial charge >= 0.3 is 0 Å². The standard InChI is InChI=1S/C14H19NO/c1-11-3-5-13(6-4-11)9-15-8-7-14(10-15)12(2)16/h3-6,14H,7-10H2,1-2H3. The molecule has 0 aliphatic carbocycles. The smallest absolute Gasteiger partial charge is 0.134 e. The van der Waals surface area contributed by atoms with Crippen molar-refractivity contribution in [3.63, 3.8) is 0 Å². The van der Waals surface area contributed by atoms with Crippen molar-refractivity contribution >= 4 is 5.78 Å². The molecule has 1 aromatic carbocycles. The molecule has 0 amide bonds. The Bertz CT molecular complexity index is 369. The molecule has 0 bridgehead atoms. The second-order valence-corrected chi connectivity index (χ2v) is 4.82. The van der Waals surface area contributed by atoms with Crippen LogP contribution in [0.5, 0.6) is 0 Å². The van der Waals surface area contributed by atoms with Crippen LogP contribution in [0.4, 0.5) is 0 Å². The predicted octanol–water partition coefficient (Wildman–Crippen LogP) is 2.41. The summed E-state index contributed by atoms with van der Waals surface area (Å²) in [5, 5.41) is 0. The van der Waals surface area contributed by atoms with Crippen LogP contribution in [0, 0.1) is 12.8 Å². The first-order valence-electron chi connectivity index (χ1n) is 5.93. The van der Waals surface area contributed by atoms with Gasteiger partial charge in [0.05, 0.1) is 0 Å². The zero-order valence-corrected chi connectivity index (χ0v) is 10.1. The van der Waals surface area contributed by atoms with E-state index in [1.54, 1.807) is 6.92 Å². The van der Waals surface area contributed by atoms with Gasteiger partial charge in [-0.2, -0.15) is 0 Å². The molecule has 0 saturated carbocycles. The van der Waals surface area contributed by atoms with E-state index in [4.69, 9.17) is 0 Å². The highest BCUT2D eigenvalue weighted by atomic mass is 16.1. The number of hydrogen-bond donors (Lipinski definition) is 0. The number of benzene rings is 1. The van der Waals surface area contributed by atoms with E-state index in [1.807, 2.05) is 0 Å². The van der Waals surface area contributed by atoms with E-state index < -0.39 is 0 Å². The van der Waals surface area contributed by atoms with Crippen LogP contribution in [0.25, 0.3) is 0 Å². The van der Waals surface area contributed by atoms with Gasteiger partial charge in [-0.15, -0.1) is 0 Å². The van der Waals surface area contributed by atoms with Crippen molar-refractivity contribution in [1.29, 1.82) is 0 Å². The summed E-state index contributed by atoms with van der Waals surface area (Å²) in [6.07, 6.45) is 1.03. The zero-order chi connectivity index (χ0) is 11.5. The summed E-state index contributed by atoms with van der Waals surface area (Å²) in [5.74, 6) is 0.608. The Morgan fingerprint density at radius 3 is 2.62 bits per heavy atom. The van der Waals surface area contributed by atoms with Gasteiger partial charge in [-0.1, -0.05) is 29.8 Å². The van der Waals surface area contributed by atoms with Crippen LogP contribution >= 0.6 is 0 Å². The first-order chi connectivity index (χ1) is 7.65. The average molecular weight is 217 g/mol. The highest BCUT2D eigenvalue weighted by Crippen LogP contribution is 2.19. The summed E-state index contributed by atoms with van der Waals surface area (Å²) >= 11 is 0. The number of carbonyl (C=O) groups excluding carboxylic acids is 1. The second-order valence-electron chi connectivity index (χ2n) is 4.82. The Labute approximate surface area is 97.3 Å². The SMILES string of the molecule is CC(=O)C1CCN(Cc2ccc(C)cc2)C1. The van der Waals surface area contributed by atoms with Crippen molar-refractivity contribution < 1.29 is 4.79 Å². The molecule has 1 heterocycles. The fourth-order valence-corrected chi connectivity index (χ4v) is 2.26. The van der Waals surface area contributed by atoms with Gasteiger partial charge in [-0.3, -0.25) is 9.69 Å². The first-order valence-corrected chi connectivity index (χ1v) is 5.93. The molecule has 1 fully saturated rings. The molecule has 1 atom stereocenters. The molecule has 0 spiro atoms. The Morgan fingerprint density at radius 1 is 1.38 bits per heavy atom. The number of Topliss-reactive ketones (excluding diaryl/α,β-unsaturated/α-hetero) is 1. The van der Waals surface area contributed by atoms with Gasteiger partial charge in [0.2, 0.25) is 0 Å². The fraction of sp³-hybridized carbons (Fsp3) is 0.500. The summed E-state index contributed by atoms with van der Waals surface area (Å²) in [7, 11) is 0. The predicted molar refractivity (Wildman–Crippen MR) is 65.2 cm³/mol. The Morgan fingerprint density at radius 2 is 2.06 bits per heavy atom. The lowest BCUT2D eigenvalue weighted by Crippen LogP contribution is -2.22. The molecule has 2 rings (SSSR count). The van der Waals surface area contributed by atoms with Crippen molar-refractivity contribution in [2.75, 3.05) is 13.1 Å². The van der Waals surface area contributed by atoms with Gasteiger partial charge in [0, 0.05) is 19.0 Å². The molecule has 1 aliphatic heterocycles. The summed E-state index contributed by atoms with van der Waals surface area (Å²) in [5.41, 5.74) is 2.64. The lowest BCUT2D eigenvalue weighted by atomic mass is 10.1. The van der Waals surface area contributed by atoms with Crippen molar-refractivity contribution in [2.24, 2.45) is 5.92 Å². The van der Waals surface area contributed by atoms with Crippen LogP contribution in [0.3, 0.4) is 0 Å². The quantitative estimate of drug-likeness (QED) is 0.775. The van der Waals surface area contributed by atoms with Crippen LogP contribution in [0.1, 0.15) is 24.5 Å². The minimum atomic E-state index is 0.269. The van der Waals surface area contributed by atoms with E-state index in [2.05, 4.69) is 36.1 Å². The number of aryl methyl sites for hydroxylation is 1. The summed E-state index contributed by atoms with van der Waals surface area (Å²) in [6, 6.07) is 8.65. The maximum absolute atomic E-state index is 11.3. The topological polar surface area (TPSA) is 20.3 Å². The minimum Gasteiger partial charge on any atom is -0.300 e. The van der Waals surface area contributed by atoms with Crippen molar-refractivity contribution in [3.8, 4) is 0 Å². The molecule has 1 saturated heterocycles. The lowest BCUT2D eigenvalue weighted by molar-refractivity contribution is -0.120. The van der Waals surface area contributed by atoms with Crippen LogP contribution in [-0.2, 0) is 11.3 Å². The number of hydrogen-bond acceptors (Lipinski definition) is 2. The number of likely N-dealkylation sites (tertiary alicyclic amines) is 1. The maximum atomic E-state index is 11.3. The minimum absolute atomic E-state index is 0.269. The largest absolute Gasteiger partial charge is 0.300 e. The first kappa shape index (κ1) is 11.3. The number of nitrogens with zero attached hydrogens (tertiary/aromatic N) is 1. The normalized spacial score (nSPS) is 21.2. The zero-order valence-electron chi connectivity index (χ0n) is 10.1. The van der Waals surface area contributed by atoms with Gasteiger partial charge in [0.1, 0.15) is 5.78 Å². The van der Waals surface area contributed by atoms with Gasteiger partial charge in [-0.05, 0) is 32.4 Å². The number of carbonyl (C=O) groups is 1. The third-order valence-electron chi connectivity index (χ3n) is 3.37. The molecular weight excluding hydrogens is 198 g/mol. The molecule has 1 unspecified atom stereocenters. The van der Waals surface area contributed by atoms with Gasteiger partial charge in [0.25, 0.3) is 0 Å². The van der Waals surface area contributed by atoms with Crippen molar-refractivity contribution in [3.05, 3.63) is 35.4 Å². The molecule has 0 N–H and O–H groups in total. The van der Waals surface area contributed by atoms with Crippen molar-refractivity contribution in [2.45, 2.75) is 26.8 Å². The third-order valence-corrected chi connectivity index (χ3v) is 3.37. The molecular formula is C14H19NO. The van der Waals surface area contributed by atoms with Crippen LogP contribution in [0.2, 0.25) is 0 Å². The molecule has 16 heavy (non-hydrogen) atoms. The van der Waals surface area contributed by atoms with Crippen LogP contribution < -0.4 is 0 Å². The molecule has 0 aromatic heterocycles. The molecule has 2 heteroatoms. The summed E-state index contributed by atoms with van der Waals surface area (Å²) in [4.78, 5) is 13.6. The molecule has 2 nitrogen and oxygen atoms in total. The van der Waals surface area contributed by atoms with E-state index in [0.29, 0.717) is 5.78 Å². The van der Waals surface area contributed by atoms with Gasteiger partial charge in [0.15, 0.2) is 0 Å². The monoisotopic (exact) mass is 217 g/mol. The van der Waals surface area contributed by atoms with E-state index in [9.17, 15) is 4.79 Å². The van der Waals surface area contributed by atoms with Crippen LogP contribution in [0.15, 0.2) is 24.3 Å². The summed E-state index contributed by atoms with van der Waals surface area (Å²) < 4.78 is 0. The van der Waals surface area contributed by atoms with E-state index in [0.717, 1.165) is 26.1 Å². The number of rotatable bonds is 3. The van der Waals surface area contributed by atoms with Crippen LogP contribution in [-0.4, -0.2) is 23.8 Å². The maximum Gasteiger partial charge on any atom is 0.134 e. The van der Waals surface area contributed by atoms with E-state index in [-0.39, 0.29) is 5.92 Å². The Balaban J connectivity index is 1.92. The Hall–Kier alpha value is -1.15. The highest BCUT2D eigenvalue weighted by molar-refractivity contribution is 5.78. The second kappa shape index (κ2) is 4.79. The van der Waals surface area contributed by atoms with Gasteiger partial charge in [-0.25, -0.2) is 0 Å². The molecule has 86 valence electrons. The van der Waals surface area contributed by atoms with E-state index in [1.165, 1.54) is 11.1 Å². The molecule has 1 aromatic rings. The molecule has 1 aliphatic rings. The van der Waals surface area contributed by atoms with E-state index >= 15 is 0 Å². The molecule has 0 radical (unpaired) electrons. The number of ketones is 1. The fourth-order valence-electron chi connectivity index (χ4n) is 2.26. The Kier molecular flexibility index (Phi) is 3.39. The third kappa shape index (κ3) is 2.70. The highest BCUT2D eigenvalue weighted by Gasteiger charge is 2.25.